The monoisotopic (exact) mass is 454 g/mol. The van der Waals surface area contributed by atoms with Gasteiger partial charge in [-0.15, -0.1) is 0 Å². The number of rotatable bonds is 13. The van der Waals surface area contributed by atoms with Gasteiger partial charge in [0.05, 0.1) is 5.56 Å². The Morgan fingerprint density at radius 2 is 1.21 bits per heavy atom. The van der Waals surface area contributed by atoms with Crippen LogP contribution in [0, 0.1) is 11.8 Å². The molecule has 2 nitrogen and oxygen atoms in total. The van der Waals surface area contributed by atoms with E-state index in [4.69, 9.17) is 4.74 Å². The second-order valence-corrected chi connectivity index (χ2v) is 11.1. The number of carbonyl (C=O) groups is 1. The van der Waals surface area contributed by atoms with Crippen LogP contribution in [0.1, 0.15) is 151 Å². The number of benzene rings is 1. The van der Waals surface area contributed by atoms with Crippen molar-refractivity contribution in [2.24, 2.45) is 11.8 Å². The highest BCUT2D eigenvalue weighted by Gasteiger charge is 2.25. The average molecular weight is 455 g/mol. The second-order valence-electron chi connectivity index (χ2n) is 11.1. The molecule has 2 saturated carbocycles. The van der Waals surface area contributed by atoms with Gasteiger partial charge in [-0.1, -0.05) is 90.2 Å². The number of unbranched alkanes of at least 4 members (excludes halogenated alkanes) is 6. The minimum Gasteiger partial charge on any atom is -0.459 e. The standard InChI is InChI=1S/C31H50O2/c1-3-5-7-8-10-12-26-15-23-30(24-16-26)33-31(32)29-21-19-28(20-22-29)27-17-13-25(14-18-27)11-9-6-4-2/h19-22,25-27,30H,3-18,23-24H2,1-2H3. The van der Waals surface area contributed by atoms with Crippen molar-refractivity contribution in [3.63, 3.8) is 0 Å². The van der Waals surface area contributed by atoms with Crippen molar-refractivity contribution >= 4 is 5.97 Å². The molecule has 3 rings (SSSR count). The predicted molar refractivity (Wildman–Crippen MR) is 140 cm³/mol. The minimum absolute atomic E-state index is 0.121. The zero-order valence-electron chi connectivity index (χ0n) is 21.7. The molecular weight excluding hydrogens is 404 g/mol. The number of ether oxygens (including phenoxy) is 1. The lowest BCUT2D eigenvalue weighted by Crippen LogP contribution is -2.24. The Labute approximate surface area is 204 Å². The first kappa shape index (κ1) is 26.3. The van der Waals surface area contributed by atoms with Gasteiger partial charge < -0.3 is 4.74 Å². The summed E-state index contributed by atoms with van der Waals surface area (Å²) in [6.07, 6.45) is 23.8. The van der Waals surface area contributed by atoms with Crippen molar-refractivity contribution in [1.82, 2.24) is 0 Å². The number of carbonyl (C=O) groups excluding carboxylic acids is 1. The van der Waals surface area contributed by atoms with Crippen LogP contribution in [0.2, 0.25) is 0 Å². The molecule has 0 bridgehead atoms. The maximum atomic E-state index is 12.7. The molecule has 0 radical (unpaired) electrons. The van der Waals surface area contributed by atoms with E-state index >= 15 is 0 Å². The van der Waals surface area contributed by atoms with Gasteiger partial charge in [-0.3, -0.25) is 0 Å². The molecule has 0 heterocycles. The molecule has 0 aliphatic heterocycles. The van der Waals surface area contributed by atoms with Crippen LogP contribution in [0.3, 0.4) is 0 Å². The lowest BCUT2D eigenvalue weighted by atomic mass is 9.77. The van der Waals surface area contributed by atoms with Gasteiger partial charge in [-0.25, -0.2) is 4.79 Å². The Bertz CT molecular complexity index is 648. The average Bonchev–Trinajstić information content (AvgIpc) is 2.85. The molecule has 0 unspecified atom stereocenters. The van der Waals surface area contributed by atoms with E-state index in [1.54, 1.807) is 0 Å². The summed E-state index contributed by atoms with van der Waals surface area (Å²) >= 11 is 0. The first-order valence-corrected chi connectivity index (χ1v) is 14.5. The highest BCUT2D eigenvalue weighted by atomic mass is 16.5. The van der Waals surface area contributed by atoms with Crippen LogP contribution in [0.15, 0.2) is 24.3 Å². The van der Waals surface area contributed by atoms with E-state index < -0.39 is 0 Å². The summed E-state index contributed by atoms with van der Waals surface area (Å²) in [4.78, 5) is 12.7. The molecule has 0 amide bonds. The van der Waals surface area contributed by atoms with Gasteiger partial charge in [0.25, 0.3) is 0 Å². The largest absolute Gasteiger partial charge is 0.459 e. The first-order chi connectivity index (χ1) is 16.2. The van der Waals surface area contributed by atoms with Gasteiger partial charge in [0.2, 0.25) is 0 Å². The van der Waals surface area contributed by atoms with Crippen molar-refractivity contribution in [1.29, 1.82) is 0 Å². The SMILES string of the molecule is CCCCCCCC1CCC(OC(=O)c2ccc(C3CCC(CCCCC)CC3)cc2)CC1. The van der Waals surface area contributed by atoms with Crippen LogP contribution < -0.4 is 0 Å². The lowest BCUT2D eigenvalue weighted by Gasteiger charge is -2.29. The molecule has 2 heteroatoms. The molecule has 0 aromatic heterocycles. The molecule has 186 valence electrons. The van der Waals surface area contributed by atoms with Crippen molar-refractivity contribution in [2.45, 2.75) is 141 Å². The summed E-state index contributed by atoms with van der Waals surface area (Å²) in [7, 11) is 0. The van der Waals surface area contributed by atoms with Gasteiger partial charge in [0.1, 0.15) is 6.10 Å². The van der Waals surface area contributed by atoms with Crippen molar-refractivity contribution in [3.05, 3.63) is 35.4 Å². The van der Waals surface area contributed by atoms with Crippen LogP contribution in [0.25, 0.3) is 0 Å². The van der Waals surface area contributed by atoms with Crippen LogP contribution >= 0.6 is 0 Å². The van der Waals surface area contributed by atoms with E-state index in [1.807, 2.05) is 12.1 Å². The van der Waals surface area contributed by atoms with E-state index in [1.165, 1.54) is 108 Å². The quantitative estimate of drug-likeness (QED) is 0.219. The Morgan fingerprint density at radius 3 is 1.82 bits per heavy atom. The normalized spacial score (nSPS) is 25.6. The van der Waals surface area contributed by atoms with Crippen molar-refractivity contribution in [2.75, 3.05) is 0 Å². The summed E-state index contributed by atoms with van der Waals surface area (Å²) in [5, 5.41) is 0. The van der Waals surface area contributed by atoms with Crippen molar-refractivity contribution < 1.29 is 9.53 Å². The fourth-order valence-corrected chi connectivity index (χ4v) is 6.15. The molecule has 2 fully saturated rings. The Hall–Kier alpha value is -1.31. The molecule has 0 spiro atoms. The Morgan fingerprint density at radius 1 is 0.697 bits per heavy atom. The third-order valence-corrected chi connectivity index (χ3v) is 8.46. The highest BCUT2D eigenvalue weighted by Crippen LogP contribution is 2.38. The summed E-state index contributed by atoms with van der Waals surface area (Å²) in [6, 6.07) is 8.39. The maximum absolute atomic E-state index is 12.7. The molecule has 2 aliphatic rings. The van der Waals surface area contributed by atoms with E-state index in [2.05, 4.69) is 26.0 Å². The number of esters is 1. The van der Waals surface area contributed by atoms with Gasteiger partial charge in [-0.2, -0.15) is 0 Å². The summed E-state index contributed by atoms with van der Waals surface area (Å²) in [5.74, 6) is 2.35. The van der Waals surface area contributed by atoms with E-state index in [0.717, 1.165) is 30.2 Å². The molecule has 0 N–H and O–H groups in total. The number of hydrogen-bond acceptors (Lipinski definition) is 2. The first-order valence-electron chi connectivity index (χ1n) is 14.5. The van der Waals surface area contributed by atoms with Crippen LogP contribution in [-0.4, -0.2) is 12.1 Å². The topological polar surface area (TPSA) is 26.3 Å². The predicted octanol–water partition coefficient (Wildman–Crippen LogP) is 9.62. The summed E-state index contributed by atoms with van der Waals surface area (Å²) < 4.78 is 5.89. The van der Waals surface area contributed by atoms with Gasteiger partial charge in [0, 0.05) is 0 Å². The second kappa shape index (κ2) is 14.8. The van der Waals surface area contributed by atoms with E-state index in [9.17, 15) is 4.79 Å². The molecule has 1 aromatic carbocycles. The molecular formula is C31H50O2. The Kier molecular flexibility index (Phi) is 11.8. The van der Waals surface area contributed by atoms with E-state index in [0.29, 0.717) is 5.92 Å². The van der Waals surface area contributed by atoms with Crippen LogP contribution in [0.5, 0.6) is 0 Å². The van der Waals surface area contributed by atoms with Gasteiger partial charge in [0.15, 0.2) is 0 Å². The zero-order chi connectivity index (χ0) is 23.3. The maximum Gasteiger partial charge on any atom is 0.338 e. The molecule has 0 saturated heterocycles. The van der Waals surface area contributed by atoms with Gasteiger partial charge >= 0.3 is 5.97 Å². The highest BCUT2D eigenvalue weighted by molar-refractivity contribution is 5.89. The van der Waals surface area contributed by atoms with Gasteiger partial charge in [-0.05, 0) is 86.8 Å². The lowest BCUT2D eigenvalue weighted by molar-refractivity contribution is 0.0161. The van der Waals surface area contributed by atoms with E-state index in [-0.39, 0.29) is 12.1 Å². The molecule has 1 aromatic rings. The summed E-state index contributed by atoms with van der Waals surface area (Å²) in [6.45, 7) is 4.57. The fraction of sp³-hybridized carbons (Fsp3) is 0.774. The third-order valence-electron chi connectivity index (χ3n) is 8.46. The minimum atomic E-state index is -0.121. The van der Waals surface area contributed by atoms with Crippen LogP contribution in [-0.2, 0) is 4.74 Å². The Balaban J connectivity index is 1.34. The fourth-order valence-electron chi connectivity index (χ4n) is 6.15. The third kappa shape index (κ3) is 9.10. The molecule has 0 atom stereocenters. The zero-order valence-corrected chi connectivity index (χ0v) is 21.7. The van der Waals surface area contributed by atoms with Crippen LogP contribution in [0.4, 0.5) is 0 Å². The number of hydrogen-bond donors (Lipinski definition) is 0. The molecule has 2 aliphatic carbocycles. The molecule has 33 heavy (non-hydrogen) atoms. The summed E-state index contributed by atoms with van der Waals surface area (Å²) in [5.41, 5.74) is 2.14. The van der Waals surface area contributed by atoms with Crippen molar-refractivity contribution in [3.8, 4) is 0 Å². The smallest absolute Gasteiger partial charge is 0.338 e.